The van der Waals surface area contributed by atoms with Crippen LogP contribution in [-0.4, -0.2) is 38.6 Å². The molecule has 1 unspecified atom stereocenters. The lowest BCUT2D eigenvalue weighted by Crippen LogP contribution is -2.22. The fourth-order valence-corrected chi connectivity index (χ4v) is 3.50. The van der Waals surface area contributed by atoms with E-state index in [1.165, 1.54) is 0 Å². The Kier molecular flexibility index (Phi) is 3.23. The Morgan fingerprint density at radius 3 is 2.28 bits per heavy atom. The zero-order valence-corrected chi connectivity index (χ0v) is 12.9. The predicted octanol–water partition coefficient (Wildman–Crippen LogP) is 2.14. The van der Waals surface area contributed by atoms with Crippen LogP contribution in [0.1, 0.15) is 56.4 Å². The summed E-state index contributed by atoms with van der Waals surface area (Å²) in [5.41, 5.74) is -0.853. The Bertz CT molecular complexity index is 939. The molecular formula is C18H14O7. The van der Waals surface area contributed by atoms with Gasteiger partial charge in [0.1, 0.15) is 23.0 Å². The molecule has 25 heavy (non-hydrogen) atoms. The second kappa shape index (κ2) is 5.22. The van der Waals surface area contributed by atoms with E-state index in [2.05, 4.69) is 0 Å². The van der Waals surface area contributed by atoms with Gasteiger partial charge in [0.05, 0.1) is 22.8 Å². The predicted molar refractivity (Wildman–Crippen MR) is 84.3 cm³/mol. The number of hydrogen-bond donors (Lipinski definition) is 4. The van der Waals surface area contributed by atoms with E-state index in [9.17, 15) is 30.0 Å². The number of carbonyl (C=O) groups is 2. The number of ether oxygens (including phenoxy) is 1. The lowest BCUT2D eigenvalue weighted by Gasteiger charge is -2.23. The quantitative estimate of drug-likeness (QED) is 0.534. The molecule has 4 N–H and O–H groups in total. The van der Waals surface area contributed by atoms with Crippen molar-refractivity contribution in [2.45, 2.75) is 18.9 Å². The molecule has 7 heteroatoms. The van der Waals surface area contributed by atoms with Gasteiger partial charge in [0.25, 0.3) is 0 Å². The van der Waals surface area contributed by atoms with Gasteiger partial charge < -0.3 is 25.2 Å². The molecule has 2 aliphatic rings. The minimum atomic E-state index is -0.751. The second-order valence-corrected chi connectivity index (χ2v) is 6.13. The van der Waals surface area contributed by atoms with Crippen LogP contribution in [0.15, 0.2) is 18.2 Å². The van der Waals surface area contributed by atoms with Crippen molar-refractivity contribution in [3.63, 3.8) is 0 Å². The summed E-state index contributed by atoms with van der Waals surface area (Å²) in [6.45, 7) is 0.469. The third-order valence-electron chi connectivity index (χ3n) is 4.62. The van der Waals surface area contributed by atoms with Gasteiger partial charge in [0.2, 0.25) is 5.78 Å². The second-order valence-electron chi connectivity index (χ2n) is 6.13. The highest BCUT2D eigenvalue weighted by Gasteiger charge is 2.38. The number of benzene rings is 2. The van der Waals surface area contributed by atoms with E-state index in [0.29, 0.717) is 13.0 Å². The average Bonchev–Trinajstić information content (AvgIpc) is 3.05. The largest absolute Gasteiger partial charge is 0.508 e. The number of fused-ring (bicyclic) bond motifs is 2. The Labute approximate surface area is 141 Å². The van der Waals surface area contributed by atoms with Gasteiger partial charge in [0, 0.05) is 23.8 Å². The van der Waals surface area contributed by atoms with Gasteiger partial charge in [0.15, 0.2) is 5.78 Å². The number of phenolic OH excluding ortho intramolecular Hbond substituents is 4. The smallest absolute Gasteiger partial charge is 0.201 e. The third-order valence-corrected chi connectivity index (χ3v) is 4.62. The van der Waals surface area contributed by atoms with E-state index >= 15 is 0 Å². The minimum Gasteiger partial charge on any atom is -0.508 e. The lowest BCUT2D eigenvalue weighted by atomic mass is 9.81. The van der Waals surface area contributed by atoms with Gasteiger partial charge in [-0.25, -0.2) is 0 Å². The van der Waals surface area contributed by atoms with E-state index in [0.717, 1.165) is 24.6 Å². The molecule has 1 saturated heterocycles. The van der Waals surface area contributed by atoms with Crippen LogP contribution in [0.3, 0.4) is 0 Å². The Morgan fingerprint density at radius 2 is 1.60 bits per heavy atom. The molecule has 0 spiro atoms. The van der Waals surface area contributed by atoms with E-state index in [-0.39, 0.29) is 39.3 Å². The fraction of sp³-hybridized carbons (Fsp3) is 0.222. The summed E-state index contributed by atoms with van der Waals surface area (Å²) < 4.78 is 5.46. The number of hydrogen-bond acceptors (Lipinski definition) is 7. The Balaban J connectivity index is 1.98. The molecule has 2 aromatic rings. The molecule has 0 aromatic heterocycles. The van der Waals surface area contributed by atoms with Gasteiger partial charge in [-0.2, -0.15) is 0 Å². The average molecular weight is 342 g/mol. The highest BCUT2D eigenvalue weighted by Crippen LogP contribution is 2.46. The lowest BCUT2D eigenvalue weighted by molar-refractivity contribution is 0.0965. The van der Waals surface area contributed by atoms with Gasteiger partial charge in [-0.05, 0) is 25.0 Å². The number of rotatable bonds is 1. The summed E-state index contributed by atoms with van der Waals surface area (Å²) in [5.74, 6) is -3.20. The van der Waals surface area contributed by atoms with Crippen molar-refractivity contribution in [2.75, 3.05) is 6.61 Å². The van der Waals surface area contributed by atoms with E-state index < -0.39 is 29.2 Å². The van der Waals surface area contributed by atoms with Crippen molar-refractivity contribution in [1.29, 1.82) is 0 Å². The van der Waals surface area contributed by atoms with E-state index in [1.807, 2.05) is 0 Å². The van der Waals surface area contributed by atoms with Crippen LogP contribution in [0, 0.1) is 0 Å². The summed E-state index contributed by atoms with van der Waals surface area (Å²) >= 11 is 0. The first-order valence-electron chi connectivity index (χ1n) is 7.76. The third kappa shape index (κ3) is 2.09. The van der Waals surface area contributed by atoms with Gasteiger partial charge in [-0.1, -0.05) is 0 Å². The van der Waals surface area contributed by atoms with Crippen molar-refractivity contribution < 1.29 is 34.8 Å². The first-order valence-corrected chi connectivity index (χ1v) is 7.76. The maximum absolute atomic E-state index is 12.8. The van der Waals surface area contributed by atoms with Crippen LogP contribution in [0.2, 0.25) is 0 Å². The summed E-state index contributed by atoms with van der Waals surface area (Å²) in [5, 5.41) is 40.4. The molecule has 0 saturated carbocycles. The maximum atomic E-state index is 12.8. The molecule has 7 nitrogen and oxygen atoms in total. The van der Waals surface area contributed by atoms with Crippen molar-refractivity contribution in [2.24, 2.45) is 0 Å². The molecule has 0 bridgehead atoms. The van der Waals surface area contributed by atoms with Crippen molar-refractivity contribution in [1.82, 2.24) is 0 Å². The molecule has 2 aromatic carbocycles. The zero-order valence-electron chi connectivity index (χ0n) is 12.9. The van der Waals surface area contributed by atoms with Crippen molar-refractivity contribution in [3.8, 4) is 23.0 Å². The molecule has 4 rings (SSSR count). The summed E-state index contributed by atoms with van der Waals surface area (Å²) in [6, 6.07) is 3.14. The molecule has 1 atom stereocenters. The van der Waals surface area contributed by atoms with Crippen molar-refractivity contribution in [3.05, 3.63) is 46.0 Å². The van der Waals surface area contributed by atoms with Crippen LogP contribution in [0.25, 0.3) is 0 Å². The molecule has 1 aliphatic heterocycles. The van der Waals surface area contributed by atoms with E-state index in [4.69, 9.17) is 4.74 Å². The van der Waals surface area contributed by atoms with Crippen molar-refractivity contribution >= 4 is 11.6 Å². The molecule has 1 heterocycles. The maximum Gasteiger partial charge on any atom is 0.201 e. The van der Waals surface area contributed by atoms with Crippen LogP contribution < -0.4 is 0 Å². The SMILES string of the molecule is O=C1c2cc(O)cc(O)c2C(=O)c2c1cc(O)c(C1CCCO1)c2O. The van der Waals surface area contributed by atoms with Crippen LogP contribution in [0.5, 0.6) is 23.0 Å². The van der Waals surface area contributed by atoms with Crippen LogP contribution in [0.4, 0.5) is 0 Å². The monoisotopic (exact) mass is 342 g/mol. The highest BCUT2D eigenvalue weighted by molar-refractivity contribution is 6.30. The fourth-order valence-electron chi connectivity index (χ4n) is 3.50. The number of aromatic hydroxyl groups is 4. The van der Waals surface area contributed by atoms with E-state index in [1.54, 1.807) is 0 Å². The molecule has 1 fully saturated rings. The molecule has 128 valence electrons. The number of ketones is 2. The minimum absolute atomic E-state index is 0.0686. The molecule has 1 aliphatic carbocycles. The Morgan fingerprint density at radius 1 is 0.880 bits per heavy atom. The summed E-state index contributed by atoms with van der Waals surface area (Å²) in [6.07, 6.45) is 0.747. The van der Waals surface area contributed by atoms with Crippen LogP contribution >= 0.6 is 0 Å². The zero-order chi connectivity index (χ0) is 17.9. The number of carbonyl (C=O) groups excluding carboxylic acids is 2. The number of phenols is 4. The first kappa shape index (κ1) is 15.5. The molecular weight excluding hydrogens is 328 g/mol. The van der Waals surface area contributed by atoms with Gasteiger partial charge >= 0.3 is 0 Å². The van der Waals surface area contributed by atoms with Gasteiger partial charge in [-0.15, -0.1) is 0 Å². The first-order chi connectivity index (χ1) is 11.9. The Hall–Kier alpha value is -3.06. The summed E-state index contributed by atoms with van der Waals surface area (Å²) in [4.78, 5) is 25.5. The topological polar surface area (TPSA) is 124 Å². The highest BCUT2D eigenvalue weighted by atomic mass is 16.5. The molecule has 0 amide bonds. The van der Waals surface area contributed by atoms with Crippen LogP contribution in [-0.2, 0) is 4.74 Å². The standard InChI is InChI=1S/C18H14O7/c19-7-4-8-13(10(20)5-7)17(23)14-9(16(8)22)6-11(21)15(18(14)24)12-2-1-3-25-12/h4-6,12,19-21,24H,1-3H2. The summed E-state index contributed by atoms with van der Waals surface area (Å²) in [7, 11) is 0. The normalized spacial score (nSPS) is 19.0. The van der Waals surface area contributed by atoms with Gasteiger partial charge in [-0.3, -0.25) is 9.59 Å². The molecule has 0 radical (unpaired) electrons.